The second-order valence-electron chi connectivity index (χ2n) is 8.52. The Morgan fingerprint density at radius 2 is 0.931 bits per heavy atom. The Morgan fingerprint density at radius 3 is 1.38 bits per heavy atom. The molecule has 0 saturated carbocycles. The Morgan fingerprint density at radius 1 is 0.621 bits per heavy atom. The van der Waals surface area contributed by atoms with E-state index in [1.807, 2.05) is 0 Å². The maximum Gasteiger partial charge on any atom is 1.00 e. The van der Waals surface area contributed by atoms with Gasteiger partial charge in [-0.2, -0.15) is 0 Å². The zero-order chi connectivity index (χ0) is 21.1. The standard InChI is InChI=1S/C23H48O4S.Na/c1-3-5-7-8-9-10-11-12-15-18-22(24)19-16-13-17-21-23(28(25,26)27)20-14-6-4-2;/h22-24H,3-21H2,1-2H3,(H,25,26,27);/q;+1/p-1. The first-order valence-corrected chi connectivity index (χ1v) is 13.5. The minimum Gasteiger partial charge on any atom is -0.748 e. The van der Waals surface area contributed by atoms with Crippen molar-refractivity contribution in [3.63, 3.8) is 0 Å². The van der Waals surface area contributed by atoms with Gasteiger partial charge in [0.15, 0.2) is 0 Å². The summed E-state index contributed by atoms with van der Waals surface area (Å²) in [6.45, 7) is 4.31. The molecule has 0 saturated heterocycles. The second-order valence-corrected chi connectivity index (χ2v) is 10.2. The third-order valence-electron chi connectivity index (χ3n) is 5.74. The molecule has 0 radical (unpaired) electrons. The van der Waals surface area contributed by atoms with Crippen LogP contribution in [0.5, 0.6) is 0 Å². The first-order valence-electron chi connectivity index (χ1n) is 12.0. The van der Waals surface area contributed by atoms with Gasteiger partial charge < -0.3 is 9.66 Å². The van der Waals surface area contributed by atoms with Gasteiger partial charge in [0, 0.05) is 5.25 Å². The van der Waals surface area contributed by atoms with Crippen molar-refractivity contribution in [1.29, 1.82) is 0 Å². The summed E-state index contributed by atoms with van der Waals surface area (Å²) in [7, 11) is -4.17. The first kappa shape index (κ1) is 32.1. The molecule has 6 heteroatoms. The topological polar surface area (TPSA) is 77.4 Å². The number of hydrogen-bond acceptors (Lipinski definition) is 4. The van der Waals surface area contributed by atoms with Gasteiger partial charge in [-0.15, -0.1) is 0 Å². The van der Waals surface area contributed by atoms with Crippen molar-refractivity contribution < 1.29 is 47.6 Å². The van der Waals surface area contributed by atoms with Crippen LogP contribution < -0.4 is 29.6 Å². The molecule has 0 rings (SSSR count). The van der Waals surface area contributed by atoms with Crippen molar-refractivity contribution in [2.45, 2.75) is 147 Å². The second kappa shape index (κ2) is 22.1. The van der Waals surface area contributed by atoms with Gasteiger partial charge in [-0.3, -0.25) is 0 Å². The third-order valence-corrected chi connectivity index (χ3v) is 7.03. The maximum absolute atomic E-state index is 11.4. The Labute approximate surface area is 204 Å². The summed E-state index contributed by atoms with van der Waals surface area (Å²) < 4.78 is 34.1. The van der Waals surface area contributed by atoms with Crippen LogP contribution in [0.25, 0.3) is 0 Å². The summed E-state index contributed by atoms with van der Waals surface area (Å²) in [5, 5.41) is 9.37. The van der Waals surface area contributed by atoms with Gasteiger partial charge in [0.1, 0.15) is 0 Å². The summed E-state index contributed by atoms with van der Waals surface area (Å²) in [6, 6.07) is 0. The Kier molecular flexibility index (Phi) is 24.4. The molecular formula is C23H47NaO4S. The summed E-state index contributed by atoms with van der Waals surface area (Å²) >= 11 is 0. The fraction of sp³-hybridized carbons (Fsp3) is 1.00. The molecule has 2 atom stereocenters. The van der Waals surface area contributed by atoms with Crippen molar-refractivity contribution in [2.75, 3.05) is 0 Å². The van der Waals surface area contributed by atoms with Crippen LogP contribution in [0.3, 0.4) is 0 Å². The van der Waals surface area contributed by atoms with Crippen LogP contribution in [0, 0.1) is 0 Å². The van der Waals surface area contributed by atoms with Gasteiger partial charge in [0.05, 0.1) is 16.2 Å². The van der Waals surface area contributed by atoms with E-state index in [-0.39, 0.29) is 35.7 Å². The van der Waals surface area contributed by atoms with E-state index in [2.05, 4.69) is 13.8 Å². The number of unbranched alkanes of at least 4 members (excludes halogenated alkanes) is 12. The van der Waals surface area contributed by atoms with E-state index >= 15 is 0 Å². The van der Waals surface area contributed by atoms with Crippen LogP contribution in [-0.2, 0) is 10.1 Å². The average Bonchev–Trinajstić information content (AvgIpc) is 2.64. The van der Waals surface area contributed by atoms with Crippen LogP contribution in [0.2, 0.25) is 0 Å². The van der Waals surface area contributed by atoms with Crippen LogP contribution in [-0.4, -0.2) is 29.4 Å². The van der Waals surface area contributed by atoms with E-state index in [9.17, 15) is 18.1 Å². The van der Waals surface area contributed by atoms with Gasteiger partial charge in [-0.05, 0) is 25.7 Å². The van der Waals surface area contributed by atoms with E-state index in [1.54, 1.807) is 0 Å². The molecule has 0 aromatic carbocycles. The predicted octanol–water partition coefficient (Wildman–Crippen LogP) is 3.72. The minimum atomic E-state index is -4.17. The summed E-state index contributed by atoms with van der Waals surface area (Å²) in [6.07, 6.45) is 19.5. The van der Waals surface area contributed by atoms with Gasteiger partial charge >= 0.3 is 29.6 Å². The van der Waals surface area contributed by atoms with Gasteiger partial charge in [-0.1, -0.05) is 110 Å². The molecule has 170 valence electrons. The molecule has 0 aromatic heterocycles. The number of aliphatic hydroxyl groups is 1. The molecule has 2 unspecified atom stereocenters. The average molecular weight is 443 g/mol. The van der Waals surface area contributed by atoms with E-state index in [4.69, 9.17) is 0 Å². The molecular weight excluding hydrogens is 395 g/mol. The molecule has 0 amide bonds. The quantitative estimate of drug-likeness (QED) is 0.167. The zero-order valence-corrected chi connectivity index (χ0v) is 22.5. The van der Waals surface area contributed by atoms with E-state index < -0.39 is 15.4 Å². The normalized spacial score (nSPS) is 13.8. The van der Waals surface area contributed by atoms with E-state index in [0.29, 0.717) is 12.8 Å². The largest absolute Gasteiger partial charge is 1.00 e. The summed E-state index contributed by atoms with van der Waals surface area (Å²) in [4.78, 5) is 0. The van der Waals surface area contributed by atoms with Crippen LogP contribution in [0.1, 0.15) is 136 Å². The molecule has 0 aromatic rings. The molecule has 0 heterocycles. The van der Waals surface area contributed by atoms with E-state index in [1.165, 1.54) is 51.4 Å². The Hall–Kier alpha value is 0.870. The van der Waals surface area contributed by atoms with Crippen LogP contribution >= 0.6 is 0 Å². The predicted molar refractivity (Wildman–Crippen MR) is 119 cm³/mol. The molecule has 0 aliphatic carbocycles. The van der Waals surface area contributed by atoms with Gasteiger partial charge in [0.25, 0.3) is 0 Å². The molecule has 0 aliphatic heterocycles. The molecule has 0 fully saturated rings. The van der Waals surface area contributed by atoms with E-state index in [0.717, 1.165) is 57.8 Å². The Balaban J connectivity index is 0. The molecule has 4 nitrogen and oxygen atoms in total. The molecule has 0 aliphatic rings. The monoisotopic (exact) mass is 442 g/mol. The summed E-state index contributed by atoms with van der Waals surface area (Å²) in [5.74, 6) is 0. The third kappa shape index (κ3) is 21.9. The minimum absolute atomic E-state index is 0. The Bertz CT molecular complexity index is 429. The van der Waals surface area contributed by atoms with Crippen molar-refractivity contribution >= 4 is 10.1 Å². The SMILES string of the molecule is CCCCCCCCCCCC(O)CCCCCC(CCCCC)S(=O)(=O)[O-].[Na+]. The number of hydrogen-bond donors (Lipinski definition) is 1. The van der Waals surface area contributed by atoms with Gasteiger partial charge in [0.2, 0.25) is 0 Å². The van der Waals surface area contributed by atoms with Crippen molar-refractivity contribution in [3.05, 3.63) is 0 Å². The maximum atomic E-state index is 11.4. The smallest absolute Gasteiger partial charge is 0.748 e. The molecule has 0 bridgehead atoms. The number of rotatable bonds is 21. The summed E-state index contributed by atoms with van der Waals surface area (Å²) in [5.41, 5.74) is 0. The van der Waals surface area contributed by atoms with Crippen molar-refractivity contribution in [1.82, 2.24) is 0 Å². The molecule has 29 heavy (non-hydrogen) atoms. The first-order chi connectivity index (χ1) is 13.4. The molecule has 0 spiro atoms. The fourth-order valence-electron chi connectivity index (χ4n) is 3.82. The molecule has 1 N–H and O–H groups in total. The van der Waals surface area contributed by atoms with Gasteiger partial charge in [-0.25, -0.2) is 8.42 Å². The fourth-order valence-corrected chi connectivity index (χ4v) is 4.73. The number of aliphatic hydroxyl groups excluding tert-OH is 1. The van der Waals surface area contributed by atoms with Crippen LogP contribution in [0.4, 0.5) is 0 Å². The zero-order valence-electron chi connectivity index (χ0n) is 19.7. The van der Waals surface area contributed by atoms with Crippen LogP contribution in [0.15, 0.2) is 0 Å². The van der Waals surface area contributed by atoms with Crippen molar-refractivity contribution in [2.24, 2.45) is 0 Å². The van der Waals surface area contributed by atoms with Crippen molar-refractivity contribution in [3.8, 4) is 0 Å².